The van der Waals surface area contributed by atoms with Crippen LogP contribution in [-0.4, -0.2) is 131 Å². The number of aliphatic hydroxyl groups is 6. The van der Waals surface area contributed by atoms with Crippen molar-refractivity contribution in [3.05, 3.63) is 0 Å². The summed E-state index contributed by atoms with van der Waals surface area (Å²) in [6.45, 7) is 15.3. The third-order valence-corrected chi connectivity index (χ3v) is 5.98. The summed E-state index contributed by atoms with van der Waals surface area (Å²) < 4.78 is 33.0. The van der Waals surface area contributed by atoms with Gasteiger partial charge < -0.3 is 41.7 Å². The molecule has 6 unspecified atom stereocenters. The molecule has 44 heavy (non-hydrogen) atoms. The predicted molar refractivity (Wildman–Crippen MR) is 178 cm³/mol. The molecular formula is C30H71N3O10S. The van der Waals surface area contributed by atoms with E-state index < -0.39 is 28.7 Å². The van der Waals surface area contributed by atoms with Crippen LogP contribution in [0.25, 0.3) is 0 Å². The minimum absolute atomic E-state index is 0.0926. The highest BCUT2D eigenvalue weighted by Crippen LogP contribution is 2.10. The van der Waals surface area contributed by atoms with Crippen LogP contribution in [-0.2, 0) is 14.6 Å². The predicted octanol–water partition coefficient (Wildman–Crippen LogP) is 1.82. The average molecular weight is 666 g/mol. The zero-order valence-electron chi connectivity index (χ0n) is 28.8. The molecule has 0 fully saturated rings. The molecule has 13 nitrogen and oxygen atoms in total. The number of rotatable bonds is 23. The number of hydrogen-bond acceptors (Lipinski definition) is 12. The Hall–Kier alpha value is -0.490. The first-order valence-corrected chi connectivity index (χ1v) is 17.6. The summed E-state index contributed by atoms with van der Waals surface area (Å²) in [6.07, 6.45) is 9.56. The quantitative estimate of drug-likeness (QED) is 0.0561. The Balaban J connectivity index is -0.000000262. The fraction of sp³-hybridized carbons (Fsp3) is 1.00. The van der Waals surface area contributed by atoms with E-state index in [4.69, 9.17) is 40.9 Å². The minimum Gasteiger partial charge on any atom is -0.392 e. The second-order valence-electron chi connectivity index (χ2n) is 11.6. The molecule has 0 heterocycles. The lowest BCUT2D eigenvalue weighted by Gasteiger charge is -2.25. The van der Waals surface area contributed by atoms with E-state index in [1.54, 1.807) is 41.5 Å². The standard InChI is InChI=1S/C12H26O4S.C9H21NO3.C6H15NO2.C3H9NO/c1-2-3-4-5-6-7-8-9-10-11-12-16-17(13,14)15;1-7(11)4-10(5-8(2)12)6-9(3)13;1-5(8)3-7-4-6(2)9;1-3(5)2-4/h2-12H2,1H3,(H,13,14,15);7-9,11-13H,4-6H2,1-3H3;5-9H,3-4H2,1-2H3;3,5H,2,4H2,1H3. The minimum atomic E-state index is -4.23. The van der Waals surface area contributed by atoms with Gasteiger partial charge in [0.15, 0.2) is 0 Å². The Morgan fingerprint density at radius 2 is 0.932 bits per heavy atom. The van der Waals surface area contributed by atoms with Crippen molar-refractivity contribution in [3.8, 4) is 0 Å². The van der Waals surface area contributed by atoms with Gasteiger partial charge in [-0.2, -0.15) is 8.42 Å². The third kappa shape index (κ3) is 60.7. The van der Waals surface area contributed by atoms with Gasteiger partial charge in [0.25, 0.3) is 0 Å². The number of nitrogens with one attached hydrogen (secondary N) is 1. The lowest BCUT2D eigenvalue weighted by Crippen LogP contribution is -2.40. The van der Waals surface area contributed by atoms with Gasteiger partial charge in [0.2, 0.25) is 0 Å². The molecular weight excluding hydrogens is 594 g/mol. The van der Waals surface area contributed by atoms with Gasteiger partial charge in [0, 0.05) is 39.3 Å². The Morgan fingerprint density at radius 3 is 1.18 bits per heavy atom. The van der Waals surface area contributed by atoms with Gasteiger partial charge >= 0.3 is 10.4 Å². The van der Waals surface area contributed by atoms with E-state index in [1.807, 2.05) is 4.90 Å². The lowest BCUT2D eigenvalue weighted by atomic mass is 10.1. The summed E-state index contributed by atoms with van der Waals surface area (Å²) in [6, 6.07) is 0. The van der Waals surface area contributed by atoms with Crippen LogP contribution in [0.3, 0.4) is 0 Å². The summed E-state index contributed by atoms with van der Waals surface area (Å²) in [7, 11) is -4.23. The maximum absolute atomic E-state index is 10.2. The Kier molecular flexibility index (Phi) is 40.5. The molecule has 0 aromatic heterocycles. The van der Waals surface area contributed by atoms with E-state index in [0.29, 0.717) is 45.7 Å². The van der Waals surface area contributed by atoms with E-state index in [0.717, 1.165) is 12.8 Å². The Bertz CT molecular complexity index is 621. The Morgan fingerprint density at radius 1 is 0.614 bits per heavy atom. The topological polar surface area (TPSA) is 226 Å². The lowest BCUT2D eigenvalue weighted by molar-refractivity contribution is 0.0530. The van der Waals surface area contributed by atoms with Gasteiger partial charge in [-0.25, -0.2) is 4.18 Å². The molecule has 272 valence electrons. The second kappa shape index (κ2) is 35.4. The van der Waals surface area contributed by atoms with Crippen LogP contribution in [0.5, 0.6) is 0 Å². The molecule has 0 aliphatic rings. The number of hydrogen-bond donors (Lipinski definition) is 9. The van der Waals surface area contributed by atoms with Crippen molar-refractivity contribution in [2.75, 3.05) is 45.9 Å². The highest BCUT2D eigenvalue weighted by atomic mass is 32.3. The fourth-order valence-corrected chi connectivity index (χ4v) is 3.93. The van der Waals surface area contributed by atoms with Gasteiger partial charge in [0.05, 0.1) is 43.2 Å². The molecule has 10 N–H and O–H groups in total. The Labute approximate surface area is 269 Å². The van der Waals surface area contributed by atoms with Crippen LogP contribution < -0.4 is 11.1 Å². The average Bonchev–Trinajstić information content (AvgIpc) is 2.86. The molecule has 0 aliphatic carbocycles. The van der Waals surface area contributed by atoms with Crippen molar-refractivity contribution in [1.82, 2.24) is 10.2 Å². The molecule has 0 spiro atoms. The van der Waals surface area contributed by atoms with Gasteiger partial charge in [0.1, 0.15) is 0 Å². The molecule has 0 bridgehead atoms. The molecule has 0 aromatic rings. The summed E-state index contributed by atoms with van der Waals surface area (Å²) in [5.74, 6) is 0. The van der Waals surface area contributed by atoms with Gasteiger partial charge in [-0.15, -0.1) is 0 Å². The van der Waals surface area contributed by atoms with Crippen LogP contribution in [0.2, 0.25) is 0 Å². The molecule has 0 amide bonds. The summed E-state index contributed by atoms with van der Waals surface area (Å²) in [4.78, 5) is 1.85. The largest absolute Gasteiger partial charge is 0.397 e. The summed E-state index contributed by atoms with van der Waals surface area (Å²) >= 11 is 0. The molecule has 0 radical (unpaired) electrons. The number of nitrogens with zero attached hydrogens (tertiary/aromatic N) is 1. The highest BCUT2D eigenvalue weighted by molar-refractivity contribution is 7.80. The van der Waals surface area contributed by atoms with Crippen LogP contribution in [0, 0.1) is 0 Å². The molecule has 14 heteroatoms. The smallest absolute Gasteiger partial charge is 0.392 e. The van der Waals surface area contributed by atoms with Crippen LogP contribution in [0.4, 0.5) is 0 Å². The fourth-order valence-electron chi connectivity index (χ4n) is 3.60. The van der Waals surface area contributed by atoms with Gasteiger partial charge in [-0.1, -0.05) is 64.7 Å². The number of nitrogens with two attached hydrogens (primary N) is 1. The van der Waals surface area contributed by atoms with E-state index in [9.17, 15) is 8.42 Å². The molecule has 0 aliphatic heterocycles. The SMILES string of the molecule is CC(O)CN.CC(O)CN(CC(C)O)CC(C)O.CC(O)CNCC(C)O.CCCCCCCCCCCCOS(=O)(=O)O. The maximum atomic E-state index is 10.2. The number of aliphatic hydroxyl groups excluding tert-OH is 6. The first-order valence-electron chi connectivity index (χ1n) is 16.2. The summed E-state index contributed by atoms with van der Waals surface area (Å²) in [5, 5.41) is 56.0. The van der Waals surface area contributed by atoms with Crippen molar-refractivity contribution in [2.45, 2.75) is 149 Å². The van der Waals surface area contributed by atoms with E-state index in [2.05, 4.69) is 16.4 Å². The van der Waals surface area contributed by atoms with E-state index >= 15 is 0 Å². The van der Waals surface area contributed by atoms with Crippen molar-refractivity contribution < 1.29 is 47.8 Å². The second-order valence-corrected chi connectivity index (χ2v) is 12.7. The third-order valence-electron chi connectivity index (χ3n) is 5.52. The first-order chi connectivity index (χ1) is 20.4. The zero-order chi connectivity index (χ0) is 35.0. The van der Waals surface area contributed by atoms with Gasteiger partial charge in [-0.05, 0) is 48.0 Å². The molecule has 0 saturated heterocycles. The van der Waals surface area contributed by atoms with Crippen LogP contribution in [0.1, 0.15) is 113 Å². The van der Waals surface area contributed by atoms with Crippen molar-refractivity contribution in [1.29, 1.82) is 0 Å². The van der Waals surface area contributed by atoms with E-state index in [1.165, 1.54) is 44.9 Å². The van der Waals surface area contributed by atoms with Crippen molar-refractivity contribution in [2.24, 2.45) is 5.73 Å². The van der Waals surface area contributed by atoms with Crippen molar-refractivity contribution in [3.63, 3.8) is 0 Å². The molecule has 0 aromatic carbocycles. The highest BCUT2D eigenvalue weighted by Gasteiger charge is 2.12. The normalized spacial score (nSPS) is 15.4. The maximum Gasteiger partial charge on any atom is 0.397 e. The monoisotopic (exact) mass is 665 g/mol. The van der Waals surface area contributed by atoms with Crippen molar-refractivity contribution >= 4 is 10.4 Å². The van der Waals surface area contributed by atoms with Crippen LogP contribution >= 0.6 is 0 Å². The summed E-state index contributed by atoms with van der Waals surface area (Å²) in [5.41, 5.74) is 4.92. The van der Waals surface area contributed by atoms with Crippen LogP contribution in [0.15, 0.2) is 0 Å². The zero-order valence-corrected chi connectivity index (χ0v) is 29.6. The van der Waals surface area contributed by atoms with Gasteiger partial charge in [-0.3, -0.25) is 9.45 Å². The number of unbranched alkanes of at least 4 members (excludes halogenated alkanes) is 9. The van der Waals surface area contributed by atoms with E-state index in [-0.39, 0.29) is 24.9 Å². The molecule has 0 rings (SSSR count). The molecule has 6 atom stereocenters. The first kappa shape index (κ1) is 50.4. The molecule has 0 saturated carbocycles.